The van der Waals surface area contributed by atoms with E-state index in [0.717, 1.165) is 4.31 Å². The van der Waals surface area contributed by atoms with Gasteiger partial charge in [-0.25, -0.2) is 16.8 Å². The smallest absolute Gasteiger partial charge is 0.245 e. The zero-order chi connectivity index (χ0) is 17.4. The Labute approximate surface area is 140 Å². The van der Waals surface area contributed by atoms with Crippen LogP contribution in [-0.4, -0.2) is 61.9 Å². The normalized spacial score (nSPS) is 20.7. The molecule has 24 heavy (non-hydrogen) atoms. The number of nitrogens with zero attached hydrogens (tertiary/aromatic N) is 2. The standard InChI is InChI=1S/C15H18N2O5S2/c18-9-8-17(13-6-10-23(19,20)11-13)24(21,22)14-5-1-3-12-4-2-7-16-15(12)14/h1-5,7,13,18H,6,8-11H2/t13-/m1/s1. The molecule has 1 aliphatic heterocycles. The predicted molar refractivity (Wildman–Crippen MR) is 89.8 cm³/mol. The Morgan fingerprint density at radius 2 is 2.00 bits per heavy atom. The third kappa shape index (κ3) is 3.16. The SMILES string of the molecule is O=S1(=O)CC[C@@H](N(CCO)S(=O)(=O)c2cccc3cccnc23)C1. The number of aromatic nitrogens is 1. The van der Waals surface area contributed by atoms with E-state index in [4.69, 9.17) is 0 Å². The van der Waals surface area contributed by atoms with Gasteiger partial charge in [-0.15, -0.1) is 0 Å². The van der Waals surface area contributed by atoms with E-state index in [1.54, 1.807) is 24.3 Å². The van der Waals surface area contributed by atoms with Crippen LogP contribution in [0.5, 0.6) is 0 Å². The van der Waals surface area contributed by atoms with Crippen molar-refractivity contribution in [1.29, 1.82) is 0 Å². The summed E-state index contributed by atoms with van der Waals surface area (Å²) in [5.74, 6) is -0.257. The summed E-state index contributed by atoms with van der Waals surface area (Å²) in [6.45, 7) is -0.528. The van der Waals surface area contributed by atoms with Gasteiger partial charge in [0.1, 0.15) is 4.90 Å². The molecule has 1 N–H and O–H groups in total. The van der Waals surface area contributed by atoms with Crippen LogP contribution in [-0.2, 0) is 19.9 Å². The number of hydrogen-bond acceptors (Lipinski definition) is 6. The molecule has 1 saturated heterocycles. The molecule has 1 fully saturated rings. The van der Waals surface area contributed by atoms with Gasteiger partial charge in [0.25, 0.3) is 0 Å². The van der Waals surface area contributed by atoms with Crippen molar-refractivity contribution in [3.05, 3.63) is 36.5 Å². The van der Waals surface area contributed by atoms with Gasteiger partial charge in [0, 0.05) is 24.2 Å². The first kappa shape index (κ1) is 17.3. The summed E-state index contributed by atoms with van der Waals surface area (Å²) in [4.78, 5) is 4.18. The van der Waals surface area contributed by atoms with E-state index < -0.39 is 25.9 Å². The molecule has 0 unspecified atom stereocenters. The minimum absolute atomic E-state index is 0.0262. The van der Waals surface area contributed by atoms with Gasteiger partial charge in [0.2, 0.25) is 10.0 Å². The van der Waals surface area contributed by atoms with Gasteiger partial charge < -0.3 is 5.11 Å². The molecule has 3 rings (SSSR count). The van der Waals surface area contributed by atoms with Crippen LogP contribution in [0, 0.1) is 0 Å². The molecule has 0 bridgehead atoms. The summed E-state index contributed by atoms with van der Waals surface area (Å²) in [6.07, 6.45) is 1.75. The first-order valence-electron chi connectivity index (χ1n) is 7.52. The van der Waals surface area contributed by atoms with Gasteiger partial charge in [0.15, 0.2) is 9.84 Å². The molecule has 130 valence electrons. The quantitative estimate of drug-likeness (QED) is 0.817. The third-order valence-corrected chi connectivity index (χ3v) is 7.85. The number of benzene rings is 1. The second kappa shape index (κ2) is 6.40. The van der Waals surface area contributed by atoms with Crippen molar-refractivity contribution < 1.29 is 21.9 Å². The molecule has 9 heteroatoms. The number of sulfonamides is 1. The van der Waals surface area contributed by atoms with E-state index >= 15 is 0 Å². The molecule has 1 aliphatic rings. The lowest BCUT2D eigenvalue weighted by molar-refractivity contribution is 0.232. The number of aliphatic hydroxyl groups excluding tert-OH is 1. The average molecular weight is 370 g/mol. The van der Waals surface area contributed by atoms with Gasteiger partial charge in [-0.3, -0.25) is 4.98 Å². The second-order valence-electron chi connectivity index (χ2n) is 5.73. The van der Waals surface area contributed by atoms with Crippen LogP contribution in [0.4, 0.5) is 0 Å². The maximum Gasteiger partial charge on any atom is 0.245 e. The summed E-state index contributed by atoms with van der Waals surface area (Å²) < 4.78 is 50.8. The number of para-hydroxylation sites is 1. The van der Waals surface area contributed by atoms with Crippen LogP contribution in [0.1, 0.15) is 6.42 Å². The molecule has 0 amide bonds. The Morgan fingerprint density at radius 3 is 2.67 bits per heavy atom. The zero-order valence-electron chi connectivity index (χ0n) is 12.9. The first-order valence-corrected chi connectivity index (χ1v) is 10.8. The van der Waals surface area contributed by atoms with Crippen LogP contribution < -0.4 is 0 Å². The Balaban J connectivity index is 2.09. The summed E-state index contributed by atoms with van der Waals surface area (Å²) in [5.41, 5.74) is 0.337. The van der Waals surface area contributed by atoms with Crippen LogP contribution in [0.25, 0.3) is 10.9 Å². The number of hydrogen-bond donors (Lipinski definition) is 1. The molecule has 1 aromatic heterocycles. The number of sulfone groups is 1. The lowest BCUT2D eigenvalue weighted by Gasteiger charge is -2.27. The van der Waals surface area contributed by atoms with Gasteiger partial charge in [-0.1, -0.05) is 18.2 Å². The molecule has 1 aromatic carbocycles. The van der Waals surface area contributed by atoms with Crippen molar-refractivity contribution >= 4 is 30.8 Å². The van der Waals surface area contributed by atoms with E-state index in [1.165, 1.54) is 12.3 Å². The van der Waals surface area contributed by atoms with Gasteiger partial charge in [0.05, 0.1) is 23.6 Å². The summed E-state index contributed by atoms with van der Waals surface area (Å²) in [5, 5.41) is 9.96. The molecule has 0 radical (unpaired) electrons. The van der Waals surface area contributed by atoms with Crippen LogP contribution >= 0.6 is 0 Å². The Morgan fingerprint density at radius 1 is 1.25 bits per heavy atom. The average Bonchev–Trinajstić information content (AvgIpc) is 2.91. The number of rotatable bonds is 5. The molecule has 0 spiro atoms. The molecule has 2 aromatic rings. The molecule has 7 nitrogen and oxygen atoms in total. The molecular weight excluding hydrogens is 352 g/mol. The fourth-order valence-corrected chi connectivity index (χ4v) is 6.65. The van der Waals surface area contributed by atoms with Crippen molar-refractivity contribution in [2.45, 2.75) is 17.4 Å². The van der Waals surface area contributed by atoms with Crippen molar-refractivity contribution in [3.8, 4) is 0 Å². The van der Waals surface area contributed by atoms with E-state index in [0.29, 0.717) is 10.9 Å². The minimum atomic E-state index is -3.98. The van der Waals surface area contributed by atoms with Crippen molar-refractivity contribution in [2.75, 3.05) is 24.7 Å². The third-order valence-electron chi connectivity index (χ3n) is 4.12. The minimum Gasteiger partial charge on any atom is -0.395 e. The highest BCUT2D eigenvalue weighted by molar-refractivity contribution is 7.92. The predicted octanol–water partition coefficient (Wildman–Crippen LogP) is 0.405. The highest BCUT2D eigenvalue weighted by Gasteiger charge is 2.39. The van der Waals surface area contributed by atoms with E-state index in [1.807, 2.05) is 0 Å². The maximum atomic E-state index is 13.1. The first-order chi connectivity index (χ1) is 11.3. The lowest BCUT2D eigenvalue weighted by atomic mass is 10.2. The van der Waals surface area contributed by atoms with E-state index in [-0.39, 0.29) is 36.0 Å². The molecular formula is C15H18N2O5S2. The lowest BCUT2D eigenvalue weighted by Crippen LogP contribution is -2.42. The van der Waals surface area contributed by atoms with E-state index in [2.05, 4.69) is 4.98 Å². The fraction of sp³-hybridized carbons (Fsp3) is 0.400. The summed E-state index contributed by atoms with van der Waals surface area (Å²) in [7, 11) is -7.22. The topological polar surface area (TPSA) is 105 Å². The summed E-state index contributed by atoms with van der Waals surface area (Å²) in [6, 6.07) is 7.66. The Hall–Kier alpha value is -1.55. The highest BCUT2D eigenvalue weighted by Crippen LogP contribution is 2.28. The van der Waals surface area contributed by atoms with E-state index in [9.17, 15) is 21.9 Å². The Kier molecular flexibility index (Phi) is 4.60. The molecule has 0 saturated carbocycles. The molecule has 0 aliphatic carbocycles. The van der Waals surface area contributed by atoms with Crippen molar-refractivity contribution in [2.24, 2.45) is 0 Å². The Bertz CT molecular complexity index is 951. The zero-order valence-corrected chi connectivity index (χ0v) is 14.5. The second-order valence-corrected chi connectivity index (χ2v) is 9.82. The van der Waals surface area contributed by atoms with Crippen LogP contribution in [0.15, 0.2) is 41.4 Å². The number of fused-ring (bicyclic) bond motifs is 1. The van der Waals surface area contributed by atoms with Gasteiger partial charge >= 0.3 is 0 Å². The monoisotopic (exact) mass is 370 g/mol. The highest BCUT2D eigenvalue weighted by atomic mass is 32.2. The van der Waals surface area contributed by atoms with Crippen molar-refractivity contribution in [1.82, 2.24) is 9.29 Å². The number of pyridine rings is 1. The van der Waals surface area contributed by atoms with Crippen molar-refractivity contribution in [3.63, 3.8) is 0 Å². The van der Waals surface area contributed by atoms with Crippen LogP contribution in [0.2, 0.25) is 0 Å². The van der Waals surface area contributed by atoms with Crippen LogP contribution in [0.3, 0.4) is 0 Å². The fourth-order valence-electron chi connectivity index (χ4n) is 3.01. The molecule has 1 atom stereocenters. The number of aliphatic hydroxyl groups is 1. The summed E-state index contributed by atoms with van der Waals surface area (Å²) >= 11 is 0. The largest absolute Gasteiger partial charge is 0.395 e. The van der Waals surface area contributed by atoms with Gasteiger partial charge in [-0.2, -0.15) is 4.31 Å². The molecule has 2 heterocycles. The maximum absolute atomic E-state index is 13.1. The van der Waals surface area contributed by atoms with Gasteiger partial charge in [-0.05, 0) is 18.6 Å².